The first-order chi connectivity index (χ1) is 9.72. The Labute approximate surface area is 125 Å². The van der Waals surface area contributed by atoms with E-state index >= 15 is 0 Å². The molecule has 0 saturated carbocycles. The predicted molar refractivity (Wildman–Crippen MR) is 85.7 cm³/mol. The van der Waals surface area contributed by atoms with E-state index in [-0.39, 0.29) is 0 Å². The van der Waals surface area contributed by atoms with Crippen LogP contribution in [-0.2, 0) is 6.42 Å². The van der Waals surface area contributed by atoms with E-state index in [9.17, 15) is 0 Å². The molecule has 0 fully saturated rings. The van der Waals surface area contributed by atoms with Crippen LogP contribution in [0.5, 0.6) is 0 Å². The molecule has 1 atom stereocenters. The summed E-state index contributed by atoms with van der Waals surface area (Å²) in [5, 5.41) is 4.44. The van der Waals surface area contributed by atoms with E-state index in [0.29, 0.717) is 6.04 Å². The molecule has 0 aliphatic heterocycles. The van der Waals surface area contributed by atoms with E-state index in [1.165, 1.54) is 22.4 Å². The van der Waals surface area contributed by atoms with E-state index in [4.69, 9.17) is 11.6 Å². The Morgan fingerprint density at radius 1 is 1.05 bits per heavy atom. The van der Waals surface area contributed by atoms with Crippen LogP contribution in [0.25, 0.3) is 6.08 Å². The molecule has 0 aromatic heterocycles. The van der Waals surface area contributed by atoms with Crippen LogP contribution in [0.1, 0.15) is 36.1 Å². The van der Waals surface area contributed by atoms with Crippen LogP contribution in [0.15, 0.2) is 54.2 Å². The molecule has 0 bridgehead atoms. The van der Waals surface area contributed by atoms with Gasteiger partial charge in [0.2, 0.25) is 0 Å². The zero-order chi connectivity index (χ0) is 13.9. The minimum absolute atomic E-state index is 0.330. The SMILES string of the molecule is CC(NC1=Cc2ccc(Cl)cc2CC1)c1ccccc1. The summed E-state index contributed by atoms with van der Waals surface area (Å²) in [5.41, 5.74) is 5.24. The second-order valence-electron chi connectivity index (χ2n) is 5.29. The van der Waals surface area contributed by atoms with Crippen molar-refractivity contribution >= 4 is 17.7 Å². The Morgan fingerprint density at radius 3 is 2.65 bits per heavy atom. The van der Waals surface area contributed by atoms with Crippen molar-refractivity contribution in [3.8, 4) is 0 Å². The van der Waals surface area contributed by atoms with Gasteiger partial charge in [-0.3, -0.25) is 0 Å². The molecule has 1 unspecified atom stereocenters. The number of fused-ring (bicyclic) bond motifs is 1. The van der Waals surface area contributed by atoms with E-state index in [1.54, 1.807) is 0 Å². The van der Waals surface area contributed by atoms with E-state index in [2.05, 4.69) is 60.8 Å². The highest BCUT2D eigenvalue weighted by Gasteiger charge is 2.13. The average molecular weight is 284 g/mol. The molecule has 1 aliphatic rings. The number of hydrogen-bond donors (Lipinski definition) is 1. The molecule has 2 aromatic rings. The molecule has 20 heavy (non-hydrogen) atoms. The first-order valence-electron chi connectivity index (χ1n) is 7.03. The second kappa shape index (κ2) is 5.72. The lowest BCUT2D eigenvalue weighted by molar-refractivity contribution is 0.627. The molecule has 3 rings (SSSR count). The molecule has 2 aromatic carbocycles. The Balaban J connectivity index is 1.77. The van der Waals surface area contributed by atoms with Gasteiger partial charge in [0.25, 0.3) is 0 Å². The molecule has 0 heterocycles. The maximum atomic E-state index is 6.04. The lowest BCUT2D eigenvalue weighted by atomic mass is 9.95. The number of benzene rings is 2. The van der Waals surface area contributed by atoms with Crippen LogP contribution in [0.3, 0.4) is 0 Å². The summed E-state index contributed by atoms with van der Waals surface area (Å²) in [6.45, 7) is 2.20. The number of hydrogen-bond acceptors (Lipinski definition) is 1. The average Bonchev–Trinajstić information content (AvgIpc) is 2.48. The van der Waals surface area contributed by atoms with Gasteiger partial charge in [0.05, 0.1) is 0 Å². The number of rotatable bonds is 3. The number of allylic oxidation sites excluding steroid dienone is 1. The fourth-order valence-corrected chi connectivity index (χ4v) is 2.87. The van der Waals surface area contributed by atoms with Crippen molar-refractivity contribution in [3.63, 3.8) is 0 Å². The van der Waals surface area contributed by atoms with Crippen molar-refractivity contribution in [2.75, 3.05) is 0 Å². The van der Waals surface area contributed by atoms with Crippen molar-refractivity contribution in [2.24, 2.45) is 0 Å². The summed E-state index contributed by atoms with van der Waals surface area (Å²) in [6, 6.07) is 17.0. The van der Waals surface area contributed by atoms with Crippen LogP contribution in [0.4, 0.5) is 0 Å². The first-order valence-corrected chi connectivity index (χ1v) is 7.40. The molecule has 1 aliphatic carbocycles. The maximum Gasteiger partial charge on any atom is 0.0482 e. The lowest BCUT2D eigenvalue weighted by Gasteiger charge is -2.22. The minimum atomic E-state index is 0.330. The van der Waals surface area contributed by atoms with Gasteiger partial charge < -0.3 is 5.32 Å². The van der Waals surface area contributed by atoms with Gasteiger partial charge >= 0.3 is 0 Å². The minimum Gasteiger partial charge on any atom is -0.382 e. The monoisotopic (exact) mass is 283 g/mol. The molecule has 0 saturated heterocycles. The second-order valence-corrected chi connectivity index (χ2v) is 5.73. The largest absolute Gasteiger partial charge is 0.382 e. The third-order valence-electron chi connectivity index (χ3n) is 3.80. The summed E-state index contributed by atoms with van der Waals surface area (Å²) >= 11 is 6.04. The number of aryl methyl sites for hydroxylation is 1. The molecule has 102 valence electrons. The zero-order valence-corrected chi connectivity index (χ0v) is 12.3. The van der Waals surface area contributed by atoms with Gasteiger partial charge in [-0.2, -0.15) is 0 Å². The molecule has 0 amide bonds. The molecule has 0 radical (unpaired) electrons. The summed E-state index contributed by atoms with van der Waals surface area (Å²) in [6.07, 6.45) is 4.34. The van der Waals surface area contributed by atoms with Gasteiger partial charge in [0.15, 0.2) is 0 Å². The van der Waals surface area contributed by atoms with E-state index < -0.39 is 0 Å². The third-order valence-corrected chi connectivity index (χ3v) is 4.03. The van der Waals surface area contributed by atoms with Crippen molar-refractivity contribution in [1.82, 2.24) is 5.32 Å². The molecule has 0 spiro atoms. The first kappa shape index (κ1) is 13.3. The smallest absolute Gasteiger partial charge is 0.0482 e. The number of halogens is 1. The molecular formula is C18H18ClN. The fourth-order valence-electron chi connectivity index (χ4n) is 2.68. The molecule has 2 heteroatoms. The van der Waals surface area contributed by atoms with Crippen LogP contribution in [-0.4, -0.2) is 0 Å². The predicted octanol–water partition coefficient (Wildman–Crippen LogP) is 4.98. The van der Waals surface area contributed by atoms with Gasteiger partial charge in [0, 0.05) is 16.8 Å². The summed E-state index contributed by atoms with van der Waals surface area (Å²) in [4.78, 5) is 0. The Bertz CT molecular complexity index is 631. The quantitative estimate of drug-likeness (QED) is 0.838. The van der Waals surface area contributed by atoms with Crippen molar-refractivity contribution in [3.05, 3.63) is 75.9 Å². The number of nitrogens with one attached hydrogen (secondary N) is 1. The molecule has 1 N–H and O–H groups in total. The van der Waals surface area contributed by atoms with Gasteiger partial charge in [-0.15, -0.1) is 0 Å². The van der Waals surface area contributed by atoms with Gasteiger partial charge in [0.1, 0.15) is 0 Å². The topological polar surface area (TPSA) is 12.0 Å². The highest BCUT2D eigenvalue weighted by Crippen LogP contribution is 2.26. The maximum absolute atomic E-state index is 6.04. The highest BCUT2D eigenvalue weighted by molar-refractivity contribution is 6.30. The summed E-state index contributed by atoms with van der Waals surface area (Å²) in [5.74, 6) is 0. The van der Waals surface area contributed by atoms with E-state index in [0.717, 1.165) is 17.9 Å². The van der Waals surface area contributed by atoms with Gasteiger partial charge in [-0.1, -0.05) is 48.0 Å². The van der Waals surface area contributed by atoms with Crippen molar-refractivity contribution in [1.29, 1.82) is 0 Å². The van der Waals surface area contributed by atoms with Crippen LogP contribution in [0, 0.1) is 0 Å². The Kier molecular flexibility index (Phi) is 3.79. The normalized spacial score (nSPS) is 15.2. The van der Waals surface area contributed by atoms with Crippen molar-refractivity contribution < 1.29 is 0 Å². The van der Waals surface area contributed by atoms with Gasteiger partial charge in [-0.05, 0) is 54.7 Å². The Hall–Kier alpha value is -1.73. The fraction of sp³-hybridized carbons (Fsp3) is 0.222. The molecular weight excluding hydrogens is 266 g/mol. The Morgan fingerprint density at radius 2 is 1.85 bits per heavy atom. The van der Waals surface area contributed by atoms with Crippen LogP contribution >= 0.6 is 11.6 Å². The van der Waals surface area contributed by atoms with Gasteiger partial charge in [-0.25, -0.2) is 0 Å². The zero-order valence-electron chi connectivity index (χ0n) is 11.6. The van der Waals surface area contributed by atoms with Crippen LogP contribution < -0.4 is 5.32 Å². The van der Waals surface area contributed by atoms with Crippen molar-refractivity contribution in [2.45, 2.75) is 25.8 Å². The summed E-state index contributed by atoms with van der Waals surface area (Å²) in [7, 11) is 0. The highest BCUT2D eigenvalue weighted by atomic mass is 35.5. The summed E-state index contributed by atoms with van der Waals surface area (Å²) < 4.78 is 0. The third kappa shape index (κ3) is 2.88. The lowest BCUT2D eigenvalue weighted by Crippen LogP contribution is -2.20. The molecule has 1 nitrogen and oxygen atoms in total. The van der Waals surface area contributed by atoms with Crippen LogP contribution in [0.2, 0.25) is 5.02 Å². The standard InChI is InChI=1S/C18H18ClN/c1-13(14-5-3-2-4-6-14)20-18-10-8-15-11-17(19)9-7-16(15)12-18/h2-7,9,11-13,20H,8,10H2,1H3. The van der Waals surface area contributed by atoms with E-state index in [1.807, 2.05) is 6.07 Å².